The number of nitrogens with zero attached hydrogens (tertiary/aromatic N) is 1. The average molecular weight is 1830 g/mol. The lowest BCUT2D eigenvalue weighted by molar-refractivity contribution is 0.666. The van der Waals surface area contributed by atoms with Gasteiger partial charge in [-0.1, -0.05) is 507 Å². The van der Waals surface area contributed by atoms with Gasteiger partial charge in [0, 0.05) is 16.9 Å². The molecule has 1 nitrogen and oxygen atoms in total. The van der Waals surface area contributed by atoms with E-state index in [1.54, 1.807) is 0 Å². The molecule has 0 saturated heterocycles. The van der Waals surface area contributed by atoms with Crippen LogP contribution in [0.2, 0.25) is 0 Å². The fourth-order valence-electron chi connectivity index (χ4n) is 26.7. The molecule has 0 aliphatic heterocycles. The molecule has 0 unspecified atom stereocenters. The highest BCUT2D eigenvalue weighted by Gasteiger charge is 2.57. The molecular weight excluding hydrogens is 1720 g/mol. The third kappa shape index (κ3) is 13.4. The lowest BCUT2D eigenvalue weighted by Gasteiger charge is -2.34. The quantitative estimate of drug-likeness (QED) is 0.0730. The van der Waals surface area contributed by atoms with Gasteiger partial charge in [0.25, 0.3) is 0 Å². The van der Waals surface area contributed by atoms with Crippen molar-refractivity contribution in [2.45, 2.75) is 99.7 Å². The van der Waals surface area contributed by atoms with E-state index < -0.39 is 5.41 Å². The van der Waals surface area contributed by atoms with Gasteiger partial charge in [0.1, 0.15) is 0 Å². The monoisotopic (exact) mass is 1830 g/mol. The summed E-state index contributed by atoms with van der Waals surface area (Å²) in [5.74, 6) is 0. The van der Waals surface area contributed by atoms with E-state index in [1.807, 2.05) is 0 Å². The van der Waals surface area contributed by atoms with E-state index in [0.717, 1.165) is 24.2 Å². The molecule has 143 heavy (non-hydrogen) atoms. The molecular formula is C142H109N. The van der Waals surface area contributed by atoms with Crippen molar-refractivity contribution in [2.75, 3.05) is 4.90 Å². The van der Waals surface area contributed by atoms with Crippen molar-refractivity contribution in [1.29, 1.82) is 0 Å². The molecule has 0 fully saturated rings. The molecule has 0 bridgehead atoms. The number of aryl methyl sites for hydroxylation is 2. The summed E-state index contributed by atoms with van der Waals surface area (Å²) in [5, 5.41) is 0. The van der Waals surface area contributed by atoms with E-state index in [2.05, 4.69) is 522 Å². The van der Waals surface area contributed by atoms with Crippen molar-refractivity contribution in [1.82, 2.24) is 0 Å². The first-order valence-electron chi connectivity index (χ1n) is 51.8. The van der Waals surface area contributed by atoms with Crippen molar-refractivity contribution >= 4 is 17.1 Å². The number of rotatable bonds is 19. The number of hydrogen-bond acceptors (Lipinski definition) is 1. The normalized spacial score (nSPS) is 13.7. The lowest BCUT2D eigenvalue weighted by atomic mass is 9.67. The molecule has 1 heteroatoms. The summed E-state index contributed by atoms with van der Waals surface area (Å²) in [7, 11) is 0. The summed E-state index contributed by atoms with van der Waals surface area (Å²) in [5.41, 5.74) is 55.5. The molecule has 0 saturated carbocycles. The van der Waals surface area contributed by atoms with E-state index in [4.69, 9.17) is 0 Å². The van der Waals surface area contributed by atoms with Gasteiger partial charge in [0.2, 0.25) is 0 Å². The molecule has 3 spiro atoms. The van der Waals surface area contributed by atoms with Gasteiger partial charge in [0.05, 0.1) is 27.3 Å². The Balaban J connectivity index is 0.000000114. The Labute approximate surface area is 841 Å². The van der Waals surface area contributed by atoms with Gasteiger partial charge in [0.15, 0.2) is 0 Å². The first kappa shape index (κ1) is 86.7. The molecule has 0 N–H and O–H groups in total. The summed E-state index contributed by atoms with van der Waals surface area (Å²) in [4.78, 5) is 2.40. The van der Waals surface area contributed by atoms with Crippen LogP contribution >= 0.6 is 0 Å². The molecule has 0 radical (unpaired) electrons. The molecule has 0 heterocycles. The van der Waals surface area contributed by atoms with Gasteiger partial charge < -0.3 is 4.90 Å². The van der Waals surface area contributed by atoms with E-state index >= 15 is 0 Å². The van der Waals surface area contributed by atoms with E-state index in [9.17, 15) is 0 Å². The van der Waals surface area contributed by atoms with Crippen LogP contribution in [0.1, 0.15) is 165 Å². The zero-order chi connectivity index (χ0) is 95.2. The molecule has 7 aliphatic carbocycles. The molecule has 0 amide bonds. The van der Waals surface area contributed by atoms with E-state index in [0.29, 0.717) is 0 Å². The number of fused-ring (bicyclic) bond motifs is 33. The van der Waals surface area contributed by atoms with Crippen LogP contribution in [0.4, 0.5) is 17.1 Å². The Morgan fingerprint density at radius 1 is 0.161 bits per heavy atom. The number of anilines is 3. The Morgan fingerprint density at radius 2 is 0.399 bits per heavy atom. The average Bonchev–Trinajstić information content (AvgIpc) is 1.51. The number of benzene rings is 21. The second-order valence-corrected chi connectivity index (χ2v) is 39.9. The van der Waals surface area contributed by atoms with Crippen LogP contribution in [0, 0.1) is 0 Å². The zero-order valence-electron chi connectivity index (χ0n) is 80.9. The van der Waals surface area contributed by atoms with Gasteiger partial charge in [-0.2, -0.15) is 0 Å². The number of para-hydroxylation sites is 2. The summed E-state index contributed by atoms with van der Waals surface area (Å²) in [6, 6.07) is 189. The van der Waals surface area contributed by atoms with Gasteiger partial charge in [-0.15, -0.1) is 0 Å². The largest absolute Gasteiger partial charge is 0.310 e. The highest BCUT2D eigenvalue weighted by molar-refractivity contribution is 6.07. The van der Waals surface area contributed by atoms with Crippen molar-refractivity contribution in [3.05, 3.63) is 604 Å². The molecule has 0 aromatic heterocycles. The number of unbranched alkanes of at least 4 members (excludes halogenated alkanes) is 6. The van der Waals surface area contributed by atoms with Gasteiger partial charge in [-0.25, -0.2) is 0 Å². The highest BCUT2D eigenvalue weighted by atomic mass is 15.1. The first-order chi connectivity index (χ1) is 70.9. The van der Waals surface area contributed by atoms with Gasteiger partial charge in [-0.05, 0) is 291 Å². The fraction of sp³-hybridized carbons (Fsp3) is 0.113. The molecule has 0 atom stereocenters. The maximum absolute atomic E-state index is 2.46. The number of hydrogen-bond donors (Lipinski definition) is 0. The smallest absolute Gasteiger partial charge is 0.0726 e. The second-order valence-electron chi connectivity index (χ2n) is 39.9. The molecule has 682 valence electrons. The summed E-state index contributed by atoms with van der Waals surface area (Å²) < 4.78 is 0. The Hall–Kier alpha value is -16.6. The topological polar surface area (TPSA) is 3.24 Å². The van der Waals surface area contributed by atoms with Crippen molar-refractivity contribution in [2.24, 2.45) is 0 Å². The Kier molecular flexibility index (Phi) is 21.8. The lowest BCUT2D eigenvalue weighted by Crippen LogP contribution is -2.28. The third-order valence-corrected chi connectivity index (χ3v) is 32.5. The van der Waals surface area contributed by atoms with Crippen LogP contribution in [0.5, 0.6) is 0 Å². The molecule has 7 aliphatic rings. The van der Waals surface area contributed by atoms with E-state index in [-0.39, 0.29) is 16.2 Å². The van der Waals surface area contributed by atoms with Gasteiger partial charge in [-0.3, -0.25) is 0 Å². The van der Waals surface area contributed by atoms with Crippen LogP contribution in [0.3, 0.4) is 0 Å². The first-order valence-corrected chi connectivity index (χ1v) is 51.8. The summed E-state index contributed by atoms with van der Waals surface area (Å²) in [6.45, 7) is 4.59. The van der Waals surface area contributed by atoms with Crippen LogP contribution in [0.25, 0.3) is 122 Å². The van der Waals surface area contributed by atoms with Crippen molar-refractivity contribution in [3.8, 4) is 122 Å². The minimum Gasteiger partial charge on any atom is -0.310 e. The van der Waals surface area contributed by atoms with Crippen LogP contribution in [-0.2, 0) is 34.5 Å². The van der Waals surface area contributed by atoms with Crippen LogP contribution in [0.15, 0.2) is 504 Å². The highest BCUT2D eigenvalue weighted by Crippen LogP contribution is 2.70. The SMILES string of the molecule is CCCCCCc1ccc(C2(c3ccc(CCCCCC)cc3)c3ccccc3-c3c(-c4cccc5c4-c4ccccc4C54c5ccccc5-c5ccccc54)cccc32)cc1.c1ccc(-c2cc(-c3ccccc3)cc(-c3cccc4c3-c3ccccc3C43c4ccccc4-c4ccccc43)c2)cc1.c1ccc(N(c2ccccc2)c2cccc3c2-c2ccccc2C32c3ccccc3-c3ccccc32)cc1. The summed E-state index contributed by atoms with van der Waals surface area (Å²) >= 11 is 0. The third-order valence-electron chi connectivity index (χ3n) is 32.5. The Bertz CT molecular complexity index is 8180. The predicted molar refractivity (Wildman–Crippen MR) is 598 cm³/mol. The van der Waals surface area contributed by atoms with E-state index in [1.165, 1.54) is 280 Å². The van der Waals surface area contributed by atoms with Crippen LogP contribution < -0.4 is 4.90 Å². The Morgan fingerprint density at radius 3 is 0.734 bits per heavy atom. The minimum absolute atomic E-state index is 0.339. The van der Waals surface area contributed by atoms with Crippen molar-refractivity contribution < 1.29 is 0 Å². The molecule has 21 aromatic rings. The fourth-order valence-corrected chi connectivity index (χ4v) is 26.7. The maximum atomic E-state index is 2.46. The van der Waals surface area contributed by atoms with Crippen LogP contribution in [-0.4, -0.2) is 0 Å². The van der Waals surface area contributed by atoms with Crippen molar-refractivity contribution in [3.63, 3.8) is 0 Å². The maximum Gasteiger partial charge on any atom is 0.0726 e. The second kappa shape index (κ2) is 35.9. The standard InChI is InChI=1S/C62H56.C43H28.C37H25N/c1-3-5-7-9-21-43-35-39-45(40-36-43)61(46-41-37-44(38-42-46)22-10-8-6-4-2)55-31-17-13-25-51(55)59-49(27-19-33-57(59)61)50-28-20-34-58-60(50)52-26-14-18-32-56(52)62(58)53-29-15-11-23-47(53)48-24-12-16-30-54(48)62;1-3-14-29(15-4-1)31-26-32(30-16-5-2-6-17-30)28-33(27-31)34-21-13-25-41-42(34)37-20-9-12-24-40(37)43(41)38-22-10-7-18-35(38)36-19-8-11-23-39(36)43;1-3-14-26(15-4-1)38(27-16-5-2-6-17-27)35-25-13-24-34-36(35)30-20-9-12-23-33(30)37(34)31-21-10-7-18-28(31)29-19-8-11-22-32(29)37/h11-20,23-42H,3-10,21-22H2,1-2H3;1-28H;1-25H. The summed E-state index contributed by atoms with van der Waals surface area (Å²) in [6.07, 6.45) is 12.5. The molecule has 28 rings (SSSR count). The minimum atomic E-state index is -0.468. The zero-order valence-corrected chi connectivity index (χ0v) is 80.9. The predicted octanol–water partition coefficient (Wildman–Crippen LogP) is 36.8. The molecule has 21 aromatic carbocycles. The van der Waals surface area contributed by atoms with Gasteiger partial charge >= 0.3 is 0 Å².